The molecule has 0 saturated carbocycles. The lowest BCUT2D eigenvalue weighted by atomic mass is 10.2. The minimum atomic E-state index is -6.94. The molecule has 1 heterocycles. The van der Waals surface area contributed by atoms with Crippen LogP contribution in [0.4, 0.5) is 79.4 Å². The molecular weight excluding hydrogens is 619 g/mol. The first-order valence-corrected chi connectivity index (χ1v) is 9.75. The van der Waals surface area contributed by atoms with Crippen LogP contribution in [0.25, 0.3) is 0 Å². The maximum absolute atomic E-state index is 12.9. The molecular formula is C16H19F17N4O3. The third-order valence-electron chi connectivity index (χ3n) is 4.25. The van der Waals surface area contributed by atoms with Crippen LogP contribution in [0.15, 0.2) is 0 Å². The standard InChI is InChI=1S/C8H15FN2O3.C6H2F12N2.C2H2F4/c1-11(2,6-7(12)13)5-3-4-10-8(9)14;7-1-19-2(8,9)4(12,13)20(6(16,17)18)5(14,15)3(19,10)11;3-1-2(4,5)6/h3-6H2,1-2H3,(H-,10,12,13,14);1H2;1H2. The number of nitrogens with zero attached hydrogens (tertiary/aromatic N) is 3. The molecule has 0 aromatic carbocycles. The first-order valence-electron chi connectivity index (χ1n) is 9.75. The number of quaternary nitrogens is 1. The van der Waals surface area contributed by atoms with Crippen LogP contribution in [-0.4, -0.2) is 110 Å². The van der Waals surface area contributed by atoms with E-state index in [0.29, 0.717) is 13.0 Å². The molecule has 1 amide bonds. The molecule has 0 aliphatic carbocycles. The van der Waals surface area contributed by atoms with Crippen LogP contribution >= 0.6 is 0 Å². The van der Waals surface area contributed by atoms with Crippen molar-refractivity contribution in [1.82, 2.24) is 15.1 Å². The summed E-state index contributed by atoms with van der Waals surface area (Å²) >= 11 is 0. The van der Waals surface area contributed by atoms with E-state index in [4.69, 9.17) is 0 Å². The molecule has 0 bridgehead atoms. The van der Waals surface area contributed by atoms with Crippen molar-refractivity contribution < 1.29 is 93.8 Å². The largest absolute Gasteiger partial charge is 0.544 e. The molecule has 0 spiro atoms. The van der Waals surface area contributed by atoms with Crippen LogP contribution < -0.4 is 10.4 Å². The zero-order valence-corrected chi connectivity index (χ0v) is 19.7. The number of carbonyl (C=O) groups is 2. The van der Waals surface area contributed by atoms with E-state index in [1.54, 1.807) is 14.1 Å². The normalized spacial score (nSPS) is 20.4. The molecule has 1 fully saturated rings. The highest BCUT2D eigenvalue weighted by atomic mass is 19.4. The molecule has 40 heavy (non-hydrogen) atoms. The third-order valence-corrected chi connectivity index (χ3v) is 4.25. The molecule has 1 aliphatic rings. The number of hydrogen-bond acceptors (Lipinski definition) is 5. The van der Waals surface area contributed by atoms with Gasteiger partial charge in [-0.2, -0.15) is 61.5 Å². The van der Waals surface area contributed by atoms with Crippen molar-refractivity contribution >= 4 is 12.1 Å². The highest BCUT2D eigenvalue weighted by Crippen LogP contribution is 2.60. The summed E-state index contributed by atoms with van der Waals surface area (Å²) in [5.41, 5.74) is 0. The number of halogens is 17. The first kappa shape index (κ1) is 39.8. The number of nitrogens with one attached hydrogen (secondary N) is 1. The predicted octanol–water partition coefficient (Wildman–Crippen LogP) is 3.82. The lowest BCUT2D eigenvalue weighted by Crippen LogP contribution is -2.82. The van der Waals surface area contributed by atoms with Crippen molar-refractivity contribution in [2.45, 2.75) is 43.1 Å². The maximum atomic E-state index is 12.9. The summed E-state index contributed by atoms with van der Waals surface area (Å²) in [5.74, 6) is -1.12. The molecule has 0 aromatic rings. The van der Waals surface area contributed by atoms with Crippen molar-refractivity contribution in [3.63, 3.8) is 0 Å². The second kappa shape index (κ2) is 13.5. The fourth-order valence-electron chi connectivity index (χ4n) is 2.54. The summed E-state index contributed by atoms with van der Waals surface area (Å²) in [6.45, 7) is -4.81. The Balaban J connectivity index is 0. The van der Waals surface area contributed by atoms with Crippen LogP contribution in [0.1, 0.15) is 6.42 Å². The van der Waals surface area contributed by atoms with Gasteiger partial charge in [0.15, 0.2) is 13.5 Å². The highest BCUT2D eigenvalue weighted by molar-refractivity contribution is 5.65. The number of carbonyl (C=O) groups excluding carboxylic acids is 2. The van der Waals surface area contributed by atoms with Gasteiger partial charge in [0, 0.05) is 13.0 Å². The zero-order valence-electron chi connectivity index (χ0n) is 19.7. The van der Waals surface area contributed by atoms with Gasteiger partial charge in [-0.25, -0.2) is 13.6 Å². The molecule has 0 radical (unpaired) electrons. The van der Waals surface area contributed by atoms with Crippen LogP contribution in [0.5, 0.6) is 0 Å². The van der Waals surface area contributed by atoms with E-state index >= 15 is 0 Å². The smallest absolute Gasteiger partial charge is 0.469 e. The van der Waals surface area contributed by atoms with Gasteiger partial charge in [-0.15, -0.1) is 9.29 Å². The molecule has 1 rings (SSSR count). The zero-order chi connectivity index (χ0) is 32.8. The van der Waals surface area contributed by atoms with Gasteiger partial charge in [-0.1, -0.05) is 4.90 Å². The van der Waals surface area contributed by atoms with E-state index < -0.39 is 72.1 Å². The van der Waals surface area contributed by atoms with Crippen LogP contribution in [0, 0.1) is 0 Å². The average Bonchev–Trinajstić information content (AvgIpc) is 2.68. The van der Waals surface area contributed by atoms with Gasteiger partial charge in [-0.3, -0.25) is 0 Å². The SMILES string of the molecule is C[N+](C)(CCCNC(=O)F)CC(=O)[O-].FCC(F)(F)F.FCN1C(F)(F)C(F)(F)N(C(F)(F)F)C(F)(F)C1(F)F. The minimum absolute atomic E-state index is 0.0937. The Bertz CT molecular complexity index is 804. The van der Waals surface area contributed by atoms with E-state index in [2.05, 4.69) is 0 Å². The van der Waals surface area contributed by atoms with E-state index in [1.807, 2.05) is 5.32 Å². The molecule has 240 valence electrons. The van der Waals surface area contributed by atoms with Crippen molar-refractivity contribution in [2.24, 2.45) is 0 Å². The lowest BCUT2D eigenvalue weighted by molar-refractivity contribution is -0.884. The number of hydrogen-bond donors (Lipinski definition) is 1. The van der Waals surface area contributed by atoms with E-state index in [9.17, 15) is 89.3 Å². The topological polar surface area (TPSA) is 75.7 Å². The molecule has 1 saturated heterocycles. The number of rotatable bonds is 7. The number of likely N-dealkylation sites (N-methyl/N-ethyl adjacent to an activating group) is 1. The van der Waals surface area contributed by atoms with Crippen molar-refractivity contribution in [3.8, 4) is 0 Å². The summed E-state index contributed by atoms with van der Waals surface area (Å²) in [4.78, 5) is 13.9. The molecule has 1 N–H and O–H groups in total. The fourth-order valence-corrected chi connectivity index (χ4v) is 2.54. The summed E-state index contributed by atoms with van der Waals surface area (Å²) in [6.07, 6.45) is -12.6. The Morgan fingerprint density at radius 3 is 1.45 bits per heavy atom. The Kier molecular flexibility index (Phi) is 13.5. The Labute approximate surface area is 212 Å². The van der Waals surface area contributed by atoms with Gasteiger partial charge in [0.05, 0.1) is 26.6 Å². The van der Waals surface area contributed by atoms with Crippen LogP contribution in [-0.2, 0) is 4.79 Å². The van der Waals surface area contributed by atoms with Gasteiger partial charge in [0.2, 0.25) is 0 Å². The number of carboxylic acid groups (broad SMARTS) is 1. The van der Waals surface area contributed by atoms with Gasteiger partial charge in [-0.05, 0) is 0 Å². The number of aliphatic carboxylic acids is 1. The van der Waals surface area contributed by atoms with E-state index in [-0.39, 0.29) is 17.6 Å². The van der Waals surface area contributed by atoms with Gasteiger partial charge < -0.3 is 19.7 Å². The monoisotopic (exact) mass is 638 g/mol. The Hall–Kier alpha value is -2.37. The second-order valence-corrected chi connectivity index (χ2v) is 8.01. The van der Waals surface area contributed by atoms with Gasteiger partial charge in [0.25, 0.3) is 0 Å². The molecule has 0 unspecified atom stereocenters. The fraction of sp³-hybridized carbons (Fsp3) is 0.875. The molecule has 24 heteroatoms. The molecule has 1 aliphatic heterocycles. The van der Waals surface area contributed by atoms with E-state index in [1.165, 1.54) is 0 Å². The summed E-state index contributed by atoms with van der Waals surface area (Å²) in [5, 5.41) is 12.3. The molecule has 7 nitrogen and oxygen atoms in total. The summed E-state index contributed by atoms with van der Waals surface area (Å²) in [6, 6.07) is -26.7. The number of alkyl halides is 16. The summed E-state index contributed by atoms with van der Waals surface area (Å²) in [7, 11) is 3.46. The second-order valence-electron chi connectivity index (χ2n) is 8.01. The Morgan fingerprint density at radius 1 is 0.825 bits per heavy atom. The average molecular weight is 638 g/mol. The van der Waals surface area contributed by atoms with Crippen molar-refractivity contribution in [1.29, 1.82) is 0 Å². The number of carboxylic acids is 1. The highest BCUT2D eigenvalue weighted by Gasteiger charge is 2.89. The quantitative estimate of drug-likeness (QED) is 0.151. The van der Waals surface area contributed by atoms with Crippen molar-refractivity contribution in [2.75, 3.05) is 47.2 Å². The van der Waals surface area contributed by atoms with Crippen LogP contribution in [0.2, 0.25) is 0 Å². The lowest BCUT2D eigenvalue weighted by Gasteiger charge is -2.52. The van der Waals surface area contributed by atoms with Crippen molar-refractivity contribution in [3.05, 3.63) is 0 Å². The number of amides is 1. The molecule has 0 aromatic heterocycles. The van der Waals surface area contributed by atoms with Crippen LogP contribution in [0.3, 0.4) is 0 Å². The summed E-state index contributed by atoms with van der Waals surface area (Å²) < 4.78 is 204. The van der Waals surface area contributed by atoms with E-state index in [0.717, 1.165) is 0 Å². The Morgan fingerprint density at radius 2 is 1.20 bits per heavy atom. The number of piperazine rings is 1. The molecule has 0 atom stereocenters. The predicted molar refractivity (Wildman–Crippen MR) is 93.5 cm³/mol. The first-order chi connectivity index (χ1) is 17.5. The minimum Gasteiger partial charge on any atom is -0.544 e. The van der Waals surface area contributed by atoms with Gasteiger partial charge >= 0.3 is 42.8 Å². The maximum Gasteiger partial charge on any atom is 0.469 e. The third kappa shape index (κ3) is 10.6. The van der Waals surface area contributed by atoms with Gasteiger partial charge in [0.1, 0.15) is 6.54 Å².